The number of halogens is 2. The van der Waals surface area contributed by atoms with Crippen LogP contribution in [0.15, 0.2) is 18.2 Å². The minimum atomic E-state index is 0.234. The van der Waals surface area contributed by atoms with Crippen molar-refractivity contribution in [3.8, 4) is 10.6 Å². The predicted molar refractivity (Wildman–Crippen MR) is 82.1 cm³/mol. The molecule has 0 spiro atoms. The number of nitrogens with zero attached hydrogens (tertiary/aromatic N) is 2. The van der Waals surface area contributed by atoms with Gasteiger partial charge >= 0.3 is 0 Å². The number of hydrogen-bond donors (Lipinski definition) is 1. The average molecular weight is 316 g/mol. The van der Waals surface area contributed by atoms with Gasteiger partial charge in [0.05, 0.1) is 16.1 Å². The third kappa shape index (κ3) is 3.26. The molecule has 6 heteroatoms. The van der Waals surface area contributed by atoms with E-state index in [2.05, 4.69) is 29.4 Å². The Hall–Kier alpha value is -0.680. The molecule has 0 aliphatic carbocycles. The molecule has 1 N–H and O–H groups in total. The van der Waals surface area contributed by atoms with Crippen molar-refractivity contribution in [2.24, 2.45) is 0 Å². The summed E-state index contributed by atoms with van der Waals surface area (Å²) < 4.78 is 0. The van der Waals surface area contributed by atoms with Crippen molar-refractivity contribution in [1.82, 2.24) is 15.5 Å². The largest absolute Gasteiger partial charge is 0.308 e. The highest BCUT2D eigenvalue weighted by atomic mass is 35.5. The van der Waals surface area contributed by atoms with Crippen molar-refractivity contribution in [3.05, 3.63) is 33.3 Å². The Morgan fingerprint density at radius 2 is 1.89 bits per heavy atom. The molecule has 102 valence electrons. The van der Waals surface area contributed by atoms with E-state index in [1.54, 1.807) is 0 Å². The van der Waals surface area contributed by atoms with Crippen molar-refractivity contribution >= 4 is 34.5 Å². The molecule has 2 aromatic rings. The van der Waals surface area contributed by atoms with Crippen LogP contribution in [0.5, 0.6) is 0 Å². The van der Waals surface area contributed by atoms with Gasteiger partial charge in [-0.25, -0.2) is 0 Å². The number of hydrogen-bond acceptors (Lipinski definition) is 4. The molecular weight excluding hydrogens is 301 g/mol. The molecule has 0 saturated carbocycles. The first-order valence-electron chi connectivity index (χ1n) is 6.18. The fraction of sp³-hybridized carbons (Fsp3) is 0.385. The standard InChI is InChI=1S/C13H15Cl2N3S/c1-3-10(16-4-2)12-17-18-13(19-12)11-8(14)6-5-7-9(11)15/h5-7,10,16H,3-4H2,1-2H3. The van der Waals surface area contributed by atoms with Crippen LogP contribution in [0.1, 0.15) is 31.3 Å². The Morgan fingerprint density at radius 1 is 1.21 bits per heavy atom. The van der Waals surface area contributed by atoms with Crippen molar-refractivity contribution in [2.45, 2.75) is 26.3 Å². The lowest BCUT2D eigenvalue weighted by atomic mass is 10.2. The van der Waals surface area contributed by atoms with Crippen LogP contribution in [-0.4, -0.2) is 16.7 Å². The predicted octanol–water partition coefficient (Wildman–Crippen LogP) is 4.57. The zero-order valence-corrected chi connectivity index (χ0v) is 13.1. The summed E-state index contributed by atoms with van der Waals surface area (Å²) in [5, 5.41) is 14.8. The molecule has 0 aliphatic rings. The quantitative estimate of drug-likeness (QED) is 0.878. The summed E-state index contributed by atoms with van der Waals surface area (Å²) in [6, 6.07) is 5.68. The molecule has 0 bridgehead atoms. The Balaban J connectivity index is 2.35. The molecular formula is C13H15Cl2N3S. The van der Waals surface area contributed by atoms with E-state index >= 15 is 0 Å². The van der Waals surface area contributed by atoms with Gasteiger partial charge in [-0.1, -0.05) is 54.5 Å². The lowest BCUT2D eigenvalue weighted by Crippen LogP contribution is -2.19. The molecule has 2 rings (SSSR count). The van der Waals surface area contributed by atoms with Crippen molar-refractivity contribution < 1.29 is 0 Å². The molecule has 3 nitrogen and oxygen atoms in total. The Bertz CT molecular complexity index is 536. The highest BCUT2D eigenvalue weighted by Crippen LogP contribution is 2.37. The van der Waals surface area contributed by atoms with Crippen LogP contribution in [0.4, 0.5) is 0 Å². The summed E-state index contributed by atoms with van der Waals surface area (Å²) >= 11 is 13.9. The van der Waals surface area contributed by atoms with E-state index in [1.807, 2.05) is 18.2 Å². The smallest absolute Gasteiger partial charge is 0.150 e. The normalized spacial score (nSPS) is 12.6. The molecule has 0 amide bonds. The Labute approximate surface area is 127 Å². The van der Waals surface area contributed by atoms with Gasteiger partial charge in [0.25, 0.3) is 0 Å². The SMILES string of the molecule is CCNC(CC)c1nnc(-c2c(Cl)cccc2Cl)s1. The van der Waals surface area contributed by atoms with Crippen LogP contribution < -0.4 is 5.32 Å². The van der Waals surface area contributed by atoms with Crippen LogP contribution in [0.25, 0.3) is 10.6 Å². The molecule has 1 aromatic heterocycles. The van der Waals surface area contributed by atoms with E-state index < -0.39 is 0 Å². The third-order valence-electron chi connectivity index (χ3n) is 2.77. The molecule has 19 heavy (non-hydrogen) atoms. The third-order valence-corrected chi connectivity index (χ3v) is 4.46. The molecule has 1 atom stereocenters. The summed E-state index contributed by atoms with van der Waals surface area (Å²) in [4.78, 5) is 0. The first-order valence-corrected chi connectivity index (χ1v) is 7.75. The summed E-state index contributed by atoms with van der Waals surface area (Å²) in [7, 11) is 0. The molecule has 1 heterocycles. The van der Waals surface area contributed by atoms with Gasteiger partial charge in [-0.05, 0) is 25.1 Å². The van der Waals surface area contributed by atoms with E-state index in [1.165, 1.54) is 11.3 Å². The molecule has 0 fully saturated rings. The number of benzene rings is 1. The minimum absolute atomic E-state index is 0.234. The number of rotatable bonds is 5. The highest BCUT2D eigenvalue weighted by Gasteiger charge is 2.17. The van der Waals surface area contributed by atoms with Gasteiger partial charge in [-0.3, -0.25) is 0 Å². The van der Waals surface area contributed by atoms with Crippen LogP contribution in [-0.2, 0) is 0 Å². The van der Waals surface area contributed by atoms with Gasteiger partial charge in [0, 0.05) is 5.56 Å². The van der Waals surface area contributed by atoms with Gasteiger partial charge in [0.1, 0.15) is 5.01 Å². The minimum Gasteiger partial charge on any atom is -0.308 e. The zero-order chi connectivity index (χ0) is 13.8. The topological polar surface area (TPSA) is 37.8 Å². The van der Waals surface area contributed by atoms with Gasteiger partial charge in [0.2, 0.25) is 0 Å². The first kappa shape index (κ1) is 14.7. The number of nitrogens with one attached hydrogen (secondary N) is 1. The van der Waals surface area contributed by atoms with E-state index in [9.17, 15) is 0 Å². The van der Waals surface area contributed by atoms with Crippen molar-refractivity contribution in [1.29, 1.82) is 0 Å². The first-order chi connectivity index (χ1) is 9.17. The van der Waals surface area contributed by atoms with Gasteiger partial charge < -0.3 is 5.32 Å². The Kier molecular flexibility index (Phi) is 5.16. The van der Waals surface area contributed by atoms with Crippen molar-refractivity contribution in [2.75, 3.05) is 6.54 Å². The second kappa shape index (κ2) is 6.66. The molecule has 1 unspecified atom stereocenters. The van der Waals surface area contributed by atoms with E-state index in [0.717, 1.165) is 28.5 Å². The maximum Gasteiger partial charge on any atom is 0.150 e. The van der Waals surface area contributed by atoms with Gasteiger partial charge in [0.15, 0.2) is 5.01 Å². The average Bonchev–Trinajstić information content (AvgIpc) is 2.85. The van der Waals surface area contributed by atoms with Crippen LogP contribution in [0, 0.1) is 0 Å². The summed E-state index contributed by atoms with van der Waals surface area (Å²) in [5.41, 5.74) is 0.765. The zero-order valence-electron chi connectivity index (χ0n) is 10.8. The maximum atomic E-state index is 6.19. The highest BCUT2D eigenvalue weighted by molar-refractivity contribution is 7.14. The summed E-state index contributed by atoms with van der Waals surface area (Å²) in [6.45, 7) is 5.10. The maximum absolute atomic E-state index is 6.19. The molecule has 0 radical (unpaired) electrons. The fourth-order valence-electron chi connectivity index (χ4n) is 1.83. The molecule has 0 saturated heterocycles. The van der Waals surface area contributed by atoms with Crippen LogP contribution in [0.3, 0.4) is 0 Å². The van der Waals surface area contributed by atoms with Crippen LogP contribution in [0.2, 0.25) is 10.0 Å². The second-order valence-corrected chi connectivity index (χ2v) is 5.88. The molecule has 1 aromatic carbocycles. The summed E-state index contributed by atoms with van der Waals surface area (Å²) in [6.07, 6.45) is 0.971. The van der Waals surface area contributed by atoms with Crippen LogP contribution >= 0.6 is 34.5 Å². The van der Waals surface area contributed by atoms with E-state index in [0.29, 0.717) is 10.0 Å². The van der Waals surface area contributed by atoms with E-state index in [4.69, 9.17) is 23.2 Å². The molecule has 0 aliphatic heterocycles. The second-order valence-electron chi connectivity index (χ2n) is 4.06. The monoisotopic (exact) mass is 315 g/mol. The Morgan fingerprint density at radius 3 is 2.47 bits per heavy atom. The fourth-order valence-corrected chi connectivity index (χ4v) is 3.60. The number of aromatic nitrogens is 2. The lowest BCUT2D eigenvalue weighted by Gasteiger charge is -2.11. The summed E-state index contributed by atoms with van der Waals surface area (Å²) in [5.74, 6) is 0. The van der Waals surface area contributed by atoms with Crippen molar-refractivity contribution in [3.63, 3.8) is 0 Å². The lowest BCUT2D eigenvalue weighted by molar-refractivity contribution is 0.531. The van der Waals surface area contributed by atoms with E-state index in [-0.39, 0.29) is 6.04 Å². The van der Waals surface area contributed by atoms with Gasteiger partial charge in [-0.2, -0.15) is 0 Å². The van der Waals surface area contributed by atoms with Gasteiger partial charge in [-0.15, -0.1) is 10.2 Å².